The first-order valence-corrected chi connectivity index (χ1v) is 9.98. The predicted molar refractivity (Wildman–Crippen MR) is 116 cm³/mol. The van der Waals surface area contributed by atoms with E-state index in [0.717, 1.165) is 6.42 Å². The molecule has 1 aromatic heterocycles. The Bertz CT molecular complexity index is 1180. The van der Waals surface area contributed by atoms with Gasteiger partial charge in [0.2, 0.25) is 11.8 Å². The van der Waals surface area contributed by atoms with Crippen LogP contribution < -0.4 is 4.74 Å². The molecule has 0 aliphatic rings. The van der Waals surface area contributed by atoms with Gasteiger partial charge in [-0.3, -0.25) is 14.2 Å². The van der Waals surface area contributed by atoms with Gasteiger partial charge in [-0.25, -0.2) is 0 Å². The standard InChI is InChI=1S/C22H22ClN3O5/c1-12(2)8-9-26-21(29)15-6-4-13(10-16(15)22(26)30)19(27)24-25-20(28)17-11-14(23)5-7-18(17)31-3/h4-7,10-12,29-30H,8-9H2,1-3H3. The number of azo groups is 1. The van der Waals surface area contributed by atoms with Crippen LogP contribution in [0.2, 0.25) is 5.02 Å². The molecule has 2 amide bonds. The summed E-state index contributed by atoms with van der Waals surface area (Å²) in [6.45, 7) is 4.52. The molecule has 0 aliphatic carbocycles. The SMILES string of the molecule is COc1ccc(Cl)cc1C(=O)N=NC(=O)c1ccc2c(O)n(CCC(C)C)c(O)c2c1. The van der Waals surface area contributed by atoms with Crippen molar-refractivity contribution in [2.24, 2.45) is 16.1 Å². The van der Waals surface area contributed by atoms with Crippen molar-refractivity contribution >= 4 is 34.2 Å². The normalized spacial score (nSPS) is 11.5. The number of aromatic hydroxyl groups is 2. The quantitative estimate of drug-likeness (QED) is 0.508. The monoisotopic (exact) mass is 443 g/mol. The molecule has 0 aliphatic heterocycles. The number of amides is 2. The van der Waals surface area contributed by atoms with Crippen molar-refractivity contribution < 1.29 is 24.5 Å². The number of halogens is 1. The lowest BCUT2D eigenvalue weighted by atomic mass is 10.1. The van der Waals surface area contributed by atoms with Crippen LogP contribution in [0.5, 0.6) is 17.5 Å². The summed E-state index contributed by atoms with van der Waals surface area (Å²) in [6, 6.07) is 8.81. The molecule has 31 heavy (non-hydrogen) atoms. The highest BCUT2D eigenvalue weighted by atomic mass is 35.5. The van der Waals surface area contributed by atoms with Crippen molar-refractivity contribution in [3.63, 3.8) is 0 Å². The Hall–Kier alpha value is -3.39. The van der Waals surface area contributed by atoms with E-state index < -0.39 is 11.8 Å². The number of methoxy groups -OCH3 is 1. The zero-order valence-corrected chi connectivity index (χ0v) is 18.1. The lowest BCUT2D eigenvalue weighted by molar-refractivity contribution is 0.0945. The third-order valence-corrected chi connectivity index (χ3v) is 5.05. The second-order valence-corrected chi connectivity index (χ2v) is 7.83. The molecule has 3 rings (SSSR count). The Morgan fingerprint density at radius 1 is 1.03 bits per heavy atom. The average Bonchev–Trinajstić information content (AvgIpc) is 2.99. The molecular formula is C22H22ClN3O5. The Morgan fingerprint density at radius 3 is 2.39 bits per heavy atom. The lowest BCUT2D eigenvalue weighted by Crippen LogP contribution is -2.00. The number of hydrogen-bond acceptors (Lipinski definition) is 5. The summed E-state index contributed by atoms with van der Waals surface area (Å²) in [5.74, 6) is -1.13. The van der Waals surface area contributed by atoms with Gasteiger partial charge in [-0.1, -0.05) is 25.4 Å². The molecule has 2 aromatic carbocycles. The summed E-state index contributed by atoms with van der Waals surface area (Å²) in [6.07, 6.45) is 0.761. The number of rotatable bonds is 6. The van der Waals surface area contributed by atoms with Gasteiger partial charge in [0.15, 0.2) is 0 Å². The van der Waals surface area contributed by atoms with Crippen LogP contribution >= 0.6 is 11.6 Å². The lowest BCUT2D eigenvalue weighted by Gasteiger charge is -2.08. The van der Waals surface area contributed by atoms with Crippen molar-refractivity contribution in [3.8, 4) is 17.5 Å². The molecule has 0 spiro atoms. The van der Waals surface area contributed by atoms with Crippen molar-refractivity contribution in [1.82, 2.24) is 4.57 Å². The van der Waals surface area contributed by atoms with Gasteiger partial charge in [0.25, 0.3) is 11.8 Å². The highest BCUT2D eigenvalue weighted by molar-refractivity contribution is 6.31. The van der Waals surface area contributed by atoms with E-state index in [2.05, 4.69) is 10.2 Å². The van der Waals surface area contributed by atoms with Gasteiger partial charge >= 0.3 is 0 Å². The summed E-state index contributed by atoms with van der Waals surface area (Å²) in [4.78, 5) is 24.8. The van der Waals surface area contributed by atoms with Gasteiger partial charge in [-0.05, 0) is 48.7 Å². The maximum Gasteiger partial charge on any atom is 0.299 e. The number of aromatic nitrogens is 1. The zero-order valence-electron chi connectivity index (χ0n) is 17.3. The molecule has 0 radical (unpaired) electrons. The Balaban J connectivity index is 1.86. The van der Waals surface area contributed by atoms with E-state index in [1.807, 2.05) is 13.8 Å². The van der Waals surface area contributed by atoms with Gasteiger partial charge in [0.1, 0.15) is 5.75 Å². The van der Waals surface area contributed by atoms with E-state index in [9.17, 15) is 19.8 Å². The van der Waals surface area contributed by atoms with E-state index >= 15 is 0 Å². The van der Waals surface area contributed by atoms with Crippen LogP contribution in [0.3, 0.4) is 0 Å². The minimum atomic E-state index is -0.783. The summed E-state index contributed by atoms with van der Waals surface area (Å²) in [7, 11) is 1.40. The fraction of sp³-hybridized carbons (Fsp3) is 0.273. The fourth-order valence-corrected chi connectivity index (χ4v) is 3.27. The fourth-order valence-electron chi connectivity index (χ4n) is 3.10. The third-order valence-electron chi connectivity index (χ3n) is 4.81. The van der Waals surface area contributed by atoms with Crippen LogP contribution in [0.25, 0.3) is 10.8 Å². The highest BCUT2D eigenvalue weighted by Gasteiger charge is 2.18. The highest BCUT2D eigenvalue weighted by Crippen LogP contribution is 2.37. The van der Waals surface area contributed by atoms with E-state index in [1.165, 1.54) is 42.0 Å². The molecule has 0 unspecified atom stereocenters. The van der Waals surface area contributed by atoms with Gasteiger partial charge in [-0.2, -0.15) is 0 Å². The van der Waals surface area contributed by atoms with Crippen LogP contribution in [0.4, 0.5) is 0 Å². The second-order valence-electron chi connectivity index (χ2n) is 7.40. The topological polar surface area (TPSA) is 113 Å². The van der Waals surface area contributed by atoms with Crippen molar-refractivity contribution in [3.05, 3.63) is 52.5 Å². The molecule has 0 bridgehead atoms. The summed E-state index contributed by atoms with van der Waals surface area (Å²) >= 11 is 5.91. The number of hydrogen-bond donors (Lipinski definition) is 2. The number of carbonyl (C=O) groups excluding carboxylic acids is 2. The average molecular weight is 444 g/mol. The molecule has 0 fully saturated rings. The number of carbonyl (C=O) groups is 2. The molecule has 0 saturated heterocycles. The molecule has 0 saturated carbocycles. The summed E-state index contributed by atoms with van der Waals surface area (Å²) in [5.41, 5.74) is 0.185. The Labute approximate surface area is 183 Å². The van der Waals surface area contributed by atoms with Crippen molar-refractivity contribution in [2.45, 2.75) is 26.8 Å². The maximum absolute atomic E-state index is 12.4. The zero-order chi connectivity index (χ0) is 22.7. The van der Waals surface area contributed by atoms with E-state index in [4.69, 9.17) is 16.3 Å². The van der Waals surface area contributed by atoms with Crippen LogP contribution in [-0.4, -0.2) is 33.7 Å². The van der Waals surface area contributed by atoms with Crippen molar-refractivity contribution in [1.29, 1.82) is 0 Å². The molecule has 9 heteroatoms. The first kappa shape index (κ1) is 22.3. The first-order valence-electron chi connectivity index (χ1n) is 9.61. The molecule has 2 N–H and O–H groups in total. The molecule has 8 nitrogen and oxygen atoms in total. The van der Waals surface area contributed by atoms with E-state index in [1.54, 1.807) is 6.07 Å². The molecular weight excluding hydrogens is 422 g/mol. The third kappa shape index (κ3) is 4.69. The predicted octanol–water partition coefficient (Wildman–Crippen LogP) is 5.19. The smallest absolute Gasteiger partial charge is 0.299 e. The van der Waals surface area contributed by atoms with Gasteiger partial charge in [-0.15, -0.1) is 10.2 Å². The molecule has 0 atom stereocenters. The number of ether oxygens (including phenoxy) is 1. The van der Waals surface area contributed by atoms with E-state index in [-0.39, 0.29) is 28.6 Å². The van der Waals surface area contributed by atoms with Gasteiger partial charge in [0.05, 0.1) is 12.7 Å². The number of nitrogens with zero attached hydrogens (tertiary/aromatic N) is 3. The summed E-state index contributed by atoms with van der Waals surface area (Å²) < 4.78 is 6.50. The first-order chi connectivity index (χ1) is 14.7. The number of fused-ring (bicyclic) bond motifs is 1. The summed E-state index contributed by atoms with van der Waals surface area (Å²) in [5, 5.41) is 28.9. The Morgan fingerprint density at radius 2 is 1.71 bits per heavy atom. The van der Waals surface area contributed by atoms with Crippen molar-refractivity contribution in [2.75, 3.05) is 7.11 Å². The number of benzene rings is 2. The minimum Gasteiger partial charge on any atom is -0.496 e. The molecule has 1 heterocycles. The second kappa shape index (κ2) is 9.18. The van der Waals surface area contributed by atoms with Crippen LogP contribution in [0.15, 0.2) is 46.6 Å². The maximum atomic E-state index is 12.4. The van der Waals surface area contributed by atoms with Gasteiger partial charge in [0, 0.05) is 27.9 Å². The molecule has 3 aromatic rings. The van der Waals surface area contributed by atoms with Crippen LogP contribution in [0.1, 0.15) is 41.0 Å². The Kier molecular flexibility index (Phi) is 6.60. The van der Waals surface area contributed by atoms with Crippen LogP contribution in [-0.2, 0) is 6.54 Å². The van der Waals surface area contributed by atoms with E-state index in [0.29, 0.717) is 28.3 Å². The van der Waals surface area contributed by atoms with Crippen LogP contribution in [0, 0.1) is 5.92 Å². The minimum absolute atomic E-state index is 0.0722. The van der Waals surface area contributed by atoms with Gasteiger partial charge < -0.3 is 14.9 Å². The molecule has 162 valence electrons. The largest absolute Gasteiger partial charge is 0.496 e.